The SMILES string of the molecule is Cl.NC(CO)Cc1ccc(CC(N)CO)s1. The van der Waals surface area contributed by atoms with E-state index >= 15 is 0 Å². The molecule has 2 unspecified atom stereocenters. The highest BCUT2D eigenvalue weighted by Crippen LogP contribution is 2.18. The maximum Gasteiger partial charge on any atom is 0.0586 e. The van der Waals surface area contributed by atoms with E-state index in [1.807, 2.05) is 12.1 Å². The Balaban J connectivity index is 0.00000225. The first-order chi connectivity index (χ1) is 7.15. The maximum absolute atomic E-state index is 8.81. The summed E-state index contributed by atoms with van der Waals surface area (Å²) in [5, 5.41) is 17.6. The van der Waals surface area contributed by atoms with Gasteiger partial charge in [-0.25, -0.2) is 0 Å². The first-order valence-electron chi connectivity index (χ1n) is 4.96. The molecular weight excluding hydrogens is 248 g/mol. The van der Waals surface area contributed by atoms with Crippen molar-refractivity contribution in [1.82, 2.24) is 0 Å². The zero-order valence-corrected chi connectivity index (χ0v) is 10.6. The molecule has 0 saturated heterocycles. The fourth-order valence-electron chi connectivity index (χ4n) is 1.29. The Labute approximate surface area is 106 Å². The fraction of sp³-hybridized carbons (Fsp3) is 0.600. The number of rotatable bonds is 6. The summed E-state index contributed by atoms with van der Waals surface area (Å²) >= 11 is 1.64. The summed E-state index contributed by atoms with van der Waals surface area (Å²) in [6.45, 7) is 0.00672. The Bertz CT molecular complexity index is 270. The van der Waals surface area contributed by atoms with Crippen molar-refractivity contribution in [2.24, 2.45) is 11.5 Å². The van der Waals surface area contributed by atoms with E-state index in [0.29, 0.717) is 12.8 Å². The van der Waals surface area contributed by atoms with Crippen LogP contribution in [0.3, 0.4) is 0 Å². The van der Waals surface area contributed by atoms with Gasteiger partial charge in [-0.2, -0.15) is 0 Å². The Morgan fingerprint density at radius 1 is 1.00 bits per heavy atom. The van der Waals surface area contributed by atoms with Crippen molar-refractivity contribution in [3.63, 3.8) is 0 Å². The van der Waals surface area contributed by atoms with Crippen LogP contribution >= 0.6 is 23.7 Å². The molecular formula is C10H19ClN2O2S. The molecule has 0 aliphatic heterocycles. The molecule has 1 aromatic rings. The molecule has 2 atom stereocenters. The van der Waals surface area contributed by atoms with E-state index in [2.05, 4.69) is 0 Å². The molecule has 0 amide bonds. The summed E-state index contributed by atoms with van der Waals surface area (Å²) in [4.78, 5) is 2.30. The Kier molecular flexibility index (Phi) is 7.91. The molecule has 0 saturated carbocycles. The van der Waals surface area contributed by atoms with Crippen molar-refractivity contribution in [2.45, 2.75) is 24.9 Å². The van der Waals surface area contributed by atoms with Crippen LogP contribution in [0.5, 0.6) is 0 Å². The lowest BCUT2D eigenvalue weighted by Gasteiger charge is -2.06. The van der Waals surface area contributed by atoms with Gasteiger partial charge in [0.1, 0.15) is 0 Å². The third-order valence-electron chi connectivity index (χ3n) is 2.11. The molecule has 94 valence electrons. The van der Waals surface area contributed by atoms with Crippen molar-refractivity contribution in [1.29, 1.82) is 0 Å². The molecule has 1 heterocycles. The predicted molar refractivity (Wildman–Crippen MR) is 69.1 cm³/mol. The molecule has 1 aromatic heterocycles. The number of nitrogens with two attached hydrogens (primary N) is 2. The largest absolute Gasteiger partial charge is 0.395 e. The number of thiophene rings is 1. The summed E-state index contributed by atoms with van der Waals surface area (Å²) in [7, 11) is 0. The molecule has 6 N–H and O–H groups in total. The van der Waals surface area contributed by atoms with Gasteiger partial charge < -0.3 is 21.7 Å². The van der Waals surface area contributed by atoms with Crippen molar-refractivity contribution in [3.05, 3.63) is 21.9 Å². The van der Waals surface area contributed by atoms with Crippen LogP contribution in [0, 0.1) is 0 Å². The van der Waals surface area contributed by atoms with Crippen molar-refractivity contribution < 1.29 is 10.2 Å². The normalized spacial score (nSPS) is 14.2. The quantitative estimate of drug-likeness (QED) is 0.578. The van der Waals surface area contributed by atoms with Crippen LogP contribution in [-0.4, -0.2) is 35.5 Å². The predicted octanol–water partition coefficient (Wildman–Crippen LogP) is -0.106. The van der Waals surface area contributed by atoms with Gasteiger partial charge >= 0.3 is 0 Å². The number of halogens is 1. The summed E-state index contributed by atoms with van der Waals surface area (Å²) in [5.41, 5.74) is 11.3. The van der Waals surface area contributed by atoms with Gasteiger partial charge in [0.05, 0.1) is 13.2 Å². The van der Waals surface area contributed by atoms with Gasteiger partial charge in [0.15, 0.2) is 0 Å². The van der Waals surface area contributed by atoms with E-state index in [0.717, 1.165) is 9.75 Å². The minimum absolute atomic E-state index is 0. The van der Waals surface area contributed by atoms with Crippen LogP contribution in [0.2, 0.25) is 0 Å². The highest BCUT2D eigenvalue weighted by Gasteiger charge is 2.08. The average Bonchev–Trinajstić information content (AvgIpc) is 2.65. The standard InChI is InChI=1S/C10H18N2O2S.ClH/c11-7(5-13)3-9-1-2-10(15-9)4-8(12)6-14;/h1-2,7-8,13-14H,3-6,11-12H2;1H. The number of aliphatic hydroxyl groups is 2. The van der Waals surface area contributed by atoms with Crippen LogP contribution in [0.15, 0.2) is 12.1 Å². The lowest BCUT2D eigenvalue weighted by atomic mass is 10.2. The van der Waals surface area contributed by atoms with Crippen LogP contribution in [-0.2, 0) is 12.8 Å². The zero-order valence-electron chi connectivity index (χ0n) is 9.00. The second kappa shape index (κ2) is 8.00. The van der Waals surface area contributed by atoms with E-state index in [1.54, 1.807) is 11.3 Å². The first-order valence-corrected chi connectivity index (χ1v) is 5.77. The highest BCUT2D eigenvalue weighted by molar-refractivity contribution is 7.12. The molecule has 1 rings (SSSR count). The van der Waals surface area contributed by atoms with E-state index < -0.39 is 0 Å². The molecule has 0 aromatic carbocycles. The van der Waals surface area contributed by atoms with E-state index in [1.165, 1.54) is 0 Å². The highest BCUT2D eigenvalue weighted by atomic mass is 35.5. The molecule has 6 heteroatoms. The van der Waals surface area contributed by atoms with Gasteiger partial charge in [-0.3, -0.25) is 0 Å². The summed E-state index contributed by atoms with van der Waals surface area (Å²) in [6, 6.07) is 3.62. The average molecular weight is 267 g/mol. The minimum Gasteiger partial charge on any atom is -0.395 e. The first kappa shape index (κ1) is 15.8. The van der Waals surface area contributed by atoms with Gasteiger partial charge in [-0.05, 0) is 25.0 Å². The second-order valence-electron chi connectivity index (χ2n) is 3.66. The van der Waals surface area contributed by atoms with Gasteiger partial charge in [0.25, 0.3) is 0 Å². The molecule has 16 heavy (non-hydrogen) atoms. The Morgan fingerprint density at radius 3 is 1.69 bits per heavy atom. The Morgan fingerprint density at radius 2 is 1.38 bits per heavy atom. The maximum atomic E-state index is 8.81. The van der Waals surface area contributed by atoms with E-state index in [4.69, 9.17) is 21.7 Å². The molecule has 0 bridgehead atoms. The van der Waals surface area contributed by atoms with Crippen LogP contribution in [0.25, 0.3) is 0 Å². The van der Waals surface area contributed by atoms with Crippen LogP contribution < -0.4 is 11.5 Å². The molecule has 0 aliphatic rings. The molecule has 0 aliphatic carbocycles. The number of hydrogen-bond donors (Lipinski definition) is 4. The summed E-state index contributed by atoms with van der Waals surface area (Å²) in [5.74, 6) is 0. The molecule has 0 fully saturated rings. The molecule has 0 radical (unpaired) electrons. The molecule has 4 nitrogen and oxygen atoms in total. The third kappa shape index (κ3) is 5.25. The van der Waals surface area contributed by atoms with Crippen molar-refractivity contribution in [2.75, 3.05) is 13.2 Å². The van der Waals surface area contributed by atoms with Crippen LogP contribution in [0.4, 0.5) is 0 Å². The Hall–Kier alpha value is -0.170. The van der Waals surface area contributed by atoms with Crippen molar-refractivity contribution in [3.8, 4) is 0 Å². The van der Waals surface area contributed by atoms with Gasteiger partial charge in [0, 0.05) is 21.8 Å². The topological polar surface area (TPSA) is 92.5 Å². The van der Waals surface area contributed by atoms with Gasteiger partial charge in [0.2, 0.25) is 0 Å². The van der Waals surface area contributed by atoms with Crippen LogP contribution in [0.1, 0.15) is 9.75 Å². The van der Waals surface area contributed by atoms with Gasteiger partial charge in [-0.1, -0.05) is 0 Å². The molecule has 0 spiro atoms. The van der Waals surface area contributed by atoms with Crippen molar-refractivity contribution >= 4 is 23.7 Å². The third-order valence-corrected chi connectivity index (χ3v) is 3.24. The monoisotopic (exact) mass is 266 g/mol. The summed E-state index contributed by atoms with van der Waals surface area (Å²) < 4.78 is 0. The van der Waals surface area contributed by atoms with Gasteiger partial charge in [-0.15, -0.1) is 23.7 Å². The lowest BCUT2D eigenvalue weighted by Crippen LogP contribution is -2.26. The minimum atomic E-state index is -0.192. The smallest absolute Gasteiger partial charge is 0.0586 e. The lowest BCUT2D eigenvalue weighted by molar-refractivity contribution is 0.265. The summed E-state index contributed by atoms with van der Waals surface area (Å²) in [6.07, 6.45) is 1.38. The van der Waals surface area contributed by atoms with E-state index in [-0.39, 0.29) is 37.7 Å². The zero-order chi connectivity index (χ0) is 11.3. The number of hydrogen-bond acceptors (Lipinski definition) is 5. The number of aliphatic hydroxyl groups excluding tert-OH is 2. The fourth-order valence-corrected chi connectivity index (χ4v) is 2.49. The second-order valence-corrected chi connectivity index (χ2v) is 4.91. The van der Waals surface area contributed by atoms with E-state index in [9.17, 15) is 0 Å².